The number of hydrogen-bond acceptors (Lipinski definition) is 11. The molecule has 1 N–H and O–H groups in total. The molecular formula is C30H53N3O8. The Labute approximate surface area is 245 Å². The van der Waals surface area contributed by atoms with Crippen LogP contribution in [0.25, 0.3) is 0 Å². The Hall–Kier alpha value is -2.24. The minimum atomic E-state index is -0.672. The van der Waals surface area contributed by atoms with Crippen LogP contribution in [-0.2, 0) is 38.1 Å². The van der Waals surface area contributed by atoms with Crippen molar-refractivity contribution >= 4 is 23.9 Å². The number of esters is 4. The predicted molar refractivity (Wildman–Crippen MR) is 154 cm³/mol. The lowest BCUT2D eigenvalue weighted by Gasteiger charge is -2.27. The number of hydrogen-bond donors (Lipinski definition) is 1. The van der Waals surface area contributed by atoms with E-state index in [-0.39, 0.29) is 25.2 Å². The first-order valence-corrected chi connectivity index (χ1v) is 14.5. The van der Waals surface area contributed by atoms with E-state index in [1.54, 1.807) is 51.3 Å². The van der Waals surface area contributed by atoms with Crippen molar-refractivity contribution in [3.8, 4) is 0 Å². The normalized spacial score (nSPS) is 24.7. The number of carbonyl (C=O) groups is 4. The summed E-state index contributed by atoms with van der Waals surface area (Å²) in [5.41, 5.74) is -2.63. The van der Waals surface area contributed by atoms with Crippen molar-refractivity contribution in [2.24, 2.45) is 0 Å². The maximum Gasteiger partial charge on any atom is 0.323 e. The third-order valence-corrected chi connectivity index (χ3v) is 6.14. The highest BCUT2D eigenvalue weighted by atomic mass is 16.6. The van der Waals surface area contributed by atoms with E-state index < -0.39 is 58.4 Å². The van der Waals surface area contributed by atoms with Crippen LogP contribution >= 0.6 is 0 Å². The topological polar surface area (TPSA) is 124 Å². The molecule has 2 saturated heterocycles. The van der Waals surface area contributed by atoms with Gasteiger partial charge in [0.25, 0.3) is 0 Å². The first kappa shape index (κ1) is 35.0. The summed E-state index contributed by atoms with van der Waals surface area (Å²) in [4.78, 5) is 55.1. The van der Waals surface area contributed by atoms with Gasteiger partial charge < -0.3 is 24.3 Å². The smallest absolute Gasteiger partial charge is 0.323 e. The van der Waals surface area contributed by atoms with Crippen LogP contribution in [0.15, 0.2) is 0 Å². The van der Waals surface area contributed by atoms with Gasteiger partial charge in [-0.25, -0.2) is 0 Å². The molecule has 4 atom stereocenters. The highest BCUT2D eigenvalue weighted by Gasteiger charge is 2.45. The summed E-state index contributed by atoms with van der Waals surface area (Å²) < 4.78 is 22.3. The Morgan fingerprint density at radius 3 is 1.12 bits per heavy atom. The van der Waals surface area contributed by atoms with E-state index in [0.29, 0.717) is 25.9 Å². The summed E-state index contributed by atoms with van der Waals surface area (Å²) in [5, 5.41) is 3.57. The summed E-state index contributed by atoms with van der Waals surface area (Å²) in [6.45, 7) is 22.4. The second kappa shape index (κ2) is 13.0. The molecule has 2 aliphatic heterocycles. The van der Waals surface area contributed by atoms with Crippen molar-refractivity contribution in [2.75, 3.05) is 26.2 Å². The van der Waals surface area contributed by atoms with Gasteiger partial charge in [0.15, 0.2) is 0 Å². The molecule has 11 nitrogen and oxygen atoms in total. The van der Waals surface area contributed by atoms with E-state index in [0.717, 1.165) is 0 Å². The first-order valence-electron chi connectivity index (χ1n) is 14.5. The van der Waals surface area contributed by atoms with E-state index in [4.69, 9.17) is 18.9 Å². The third-order valence-electron chi connectivity index (χ3n) is 6.14. The molecule has 0 saturated carbocycles. The SMILES string of the molecule is CC(C)(C)OC(=O)CN1C[C@@H](N[C@H]2C[C@@H](C(=O)OC(C)(C)C)N(CC(=O)OC(C)(C)C)C2)C[C@H]1C(=O)OC(C)(C)C. The molecule has 2 fully saturated rings. The third kappa shape index (κ3) is 12.7. The Balaban J connectivity index is 2.18. The Morgan fingerprint density at radius 1 is 0.561 bits per heavy atom. The number of rotatable bonds is 8. The van der Waals surface area contributed by atoms with Gasteiger partial charge >= 0.3 is 23.9 Å². The number of nitrogens with one attached hydrogen (secondary N) is 1. The standard InChI is InChI=1S/C30H53N3O8/c1-27(2,3)38-23(34)17-32-15-19(13-21(32)25(36)40-29(7,8)9)31-20-14-22(26(37)41-30(10,11)12)33(16-20)18-24(35)39-28(4,5)6/h19-22,31H,13-18H2,1-12H3/t19-,20-,21-,22-/m0/s1. The summed E-state index contributed by atoms with van der Waals surface area (Å²) in [6, 6.07) is -1.55. The zero-order valence-corrected chi connectivity index (χ0v) is 27.2. The monoisotopic (exact) mass is 583 g/mol. The molecule has 0 aromatic carbocycles. The number of carbonyl (C=O) groups excluding carboxylic acids is 4. The first-order chi connectivity index (χ1) is 18.4. The van der Waals surface area contributed by atoms with E-state index in [2.05, 4.69) is 5.32 Å². The Bertz CT molecular complexity index is 879. The molecule has 0 aromatic heterocycles. The Kier molecular flexibility index (Phi) is 11.0. The van der Waals surface area contributed by atoms with Crippen LogP contribution in [0.5, 0.6) is 0 Å². The molecule has 2 rings (SSSR count). The van der Waals surface area contributed by atoms with Crippen LogP contribution in [-0.4, -0.2) is 106 Å². The van der Waals surface area contributed by atoms with Crippen LogP contribution in [0.4, 0.5) is 0 Å². The average molecular weight is 584 g/mol. The van der Waals surface area contributed by atoms with Gasteiger partial charge in [0.2, 0.25) is 0 Å². The molecular weight excluding hydrogens is 530 g/mol. The van der Waals surface area contributed by atoms with Crippen molar-refractivity contribution in [2.45, 2.75) is 142 Å². The van der Waals surface area contributed by atoms with E-state index in [9.17, 15) is 19.2 Å². The van der Waals surface area contributed by atoms with Gasteiger partial charge in [-0.1, -0.05) is 0 Å². The van der Waals surface area contributed by atoms with Gasteiger partial charge in [-0.3, -0.25) is 29.0 Å². The summed E-state index contributed by atoms with van der Waals surface area (Å²) >= 11 is 0. The quantitative estimate of drug-likeness (QED) is 0.335. The fraction of sp³-hybridized carbons (Fsp3) is 0.867. The van der Waals surface area contributed by atoms with Gasteiger partial charge in [-0.2, -0.15) is 0 Å². The molecule has 41 heavy (non-hydrogen) atoms. The van der Waals surface area contributed by atoms with Crippen LogP contribution in [0.2, 0.25) is 0 Å². The minimum absolute atomic E-state index is 0.0463. The van der Waals surface area contributed by atoms with Crippen molar-refractivity contribution in [1.29, 1.82) is 0 Å². The predicted octanol–water partition coefficient (Wildman–Crippen LogP) is 2.83. The molecule has 0 aromatic rings. The molecule has 0 aliphatic carbocycles. The fourth-order valence-electron chi connectivity index (χ4n) is 5.04. The van der Waals surface area contributed by atoms with Gasteiger partial charge in [-0.15, -0.1) is 0 Å². The summed E-state index contributed by atoms with van der Waals surface area (Å²) in [5.74, 6) is -1.62. The molecule has 0 bridgehead atoms. The largest absolute Gasteiger partial charge is 0.459 e. The highest BCUT2D eigenvalue weighted by Crippen LogP contribution is 2.26. The minimum Gasteiger partial charge on any atom is -0.459 e. The van der Waals surface area contributed by atoms with Crippen molar-refractivity contribution < 1.29 is 38.1 Å². The van der Waals surface area contributed by atoms with E-state index in [1.807, 2.05) is 41.5 Å². The molecule has 0 spiro atoms. The van der Waals surface area contributed by atoms with Gasteiger partial charge in [0.1, 0.15) is 34.5 Å². The average Bonchev–Trinajstić information content (AvgIpc) is 3.26. The molecule has 0 amide bonds. The number of likely N-dealkylation sites (tertiary alicyclic amines) is 2. The molecule has 0 unspecified atom stereocenters. The maximum atomic E-state index is 13.1. The van der Waals surface area contributed by atoms with Crippen LogP contribution in [0.1, 0.15) is 95.9 Å². The number of nitrogens with zero attached hydrogens (tertiary/aromatic N) is 2. The van der Waals surface area contributed by atoms with Crippen molar-refractivity contribution in [1.82, 2.24) is 15.1 Å². The zero-order chi connectivity index (χ0) is 31.6. The van der Waals surface area contributed by atoms with Crippen LogP contribution < -0.4 is 5.32 Å². The highest BCUT2D eigenvalue weighted by molar-refractivity contribution is 5.79. The zero-order valence-electron chi connectivity index (χ0n) is 27.2. The summed E-state index contributed by atoms with van der Waals surface area (Å²) in [6.07, 6.45) is 0.856. The molecule has 2 heterocycles. The van der Waals surface area contributed by atoms with Gasteiger partial charge in [-0.05, 0) is 95.9 Å². The lowest BCUT2D eigenvalue weighted by atomic mass is 10.1. The van der Waals surface area contributed by atoms with Crippen molar-refractivity contribution in [3.05, 3.63) is 0 Å². The van der Waals surface area contributed by atoms with Crippen LogP contribution in [0, 0.1) is 0 Å². The fourth-order valence-corrected chi connectivity index (χ4v) is 5.04. The molecule has 2 aliphatic rings. The van der Waals surface area contributed by atoms with E-state index >= 15 is 0 Å². The van der Waals surface area contributed by atoms with Crippen molar-refractivity contribution in [3.63, 3.8) is 0 Å². The van der Waals surface area contributed by atoms with Crippen LogP contribution in [0.3, 0.4) is 0 Å². The van der Waals surface area contributed by atoms with Gasteiger partial charge in [0, 0.05) is 25.2 Å². The lowest BCUT2D eigenvalue weighted by Crippen LogP contribution is -2.45. The second-order valence-electron chi connectivity index (χ2n) is 15.2. The second-order valence-corrected chi connectivity index (χ2v) is 15.2. The maximum absolute atomic E-state index is 13.1. The Morgan fingerprint density at radius 2 is 0.854 bits per heavy atom. The lowest BCUT2D eigenvalue weighted by molar-refractivity contribution is -0.165. The summed E-state index contributed by atoms with van der Waals surface area (Å²) in [7, 11) is 0. The molecule has 236 valence electrons. The number of ether oxygens (including phenoxy) is 4. The van der Waals surface area contributed by atoms with E-state index in [1.165, 1.54) is 0 Å². The molecule has 0 radical (unpaired) electrons. The molecule has 11 heteroatoms. The van der Waals surface area contributed by atoms with Gasteiger partial charge in [0.05, 0.1) is 13.1 Å².